The van der Waals surface area contributed by atoms with Gasteiger partial charge in [0.05, 0.1) is 6.61 Å². The summed E-state index contributed by atoms with van der Waals surface area (Å²) in [5.41, 5.74) is 6.94. The molecule has 0 saturated heterocycles. The number of unbranched alkanes of at least 4 members (excludes halogenated alkanes) is 1. The third kappa shape index (κ3) is 4.83. The van der Waals surface area contributed by atoms with Crippen molar-refractivity contribution < 1.29 is 9.53 Å². The average molecular weight is 326 g/mol. The van der Waals surface area contributed by atoms with Crippen LogP contribution in [-0.2, 0) is 16.9 Å². The zero-order valence-electron chi connectivity index (χ0n) is 14.4. The molecule has 128 valence electrons. The van der Waals surface area contributed by atoms with Crippen LogP contribution < -0.4 is 15.8 Å². The van der Waals surface area contributed by atoms with E-state index in [1.807, 2.05) is 54.6 Å². The van der Waals surface area contributed by atoms with Gasteiger partial charge < -0.3 is 15.8 Å². The molecule has 1 atom stereocenters. The van der Waals surface area contributed by atoms with Crippen molar-refractivity contribution in [3.8, 4) is 5.75 Å². The molecule has 0 spiro atoms. The molecular formula is C20H26N2O2. The van der Waals surface area contributed by atoms with Gasteiger partial charge in [-0.05, 0) is 36.6 Å². The van der Waals surface area contributed by atoms with Crippen molar-refractivity contribution in [2.24, 2.45) is 5.73 Å². The molecular weight excluding hydrogens is 300 g/mol. The van der Waals surface area contributed by atoms with E-state index < -0.39 is 5.54 Å². The number of benzene rings is 2. The highest BCUT2D eigenvalue weighted by atomic mass is 16.5. The van der Waals surface area contributed by atoms with Gasteiger partial charge in [0.25, 0.3) is 0 Å². The molecule has 0 radical (unpaired) electrons. The Morgan fingerprint density at radius 2 is 1.92 bits per heavy atom. The second-order valence-corrected chi connectivity index (χ2v) is 6.10. The molecule has 4 nitrogen and oxygen atoms in total. The van der Waals surface area contributed by atoms with E-state index in [1.165, 1.54) is 0 Å². The highest BCUT2D eigenvalue weighted by Gasteiger charge is 2.29. The second kappa shape index (κ2) is 8.50. The van der Waals surface area contributed by atoms with Crippen molar-refractivity contribution in [1.29, 1.82) is 0 Å². The Balaban J connectivity index is 1.95. The van der Waals surface area contributed by atoms with Gasteiger partial charge in [0.15, 0.2) is 0 Å². The van der Waals surface area contributed by atoms with Gasteiger partial charge in [0.2, 0.25) is 5.91 Å². The second-order valence-electron chi connectivity index (χ2n) is 6.10. The molecule has 2 aromatic rings. The molecule has 1 unspecified atom stereocenters. The van der Waals surface area contributed by atoms with Crippen molar-refractivity contribution in [1.82, 2.24) is 5.32 Å². The van der Waals surface area contributed by atoms with E-state index >= 15 is 0 Å². The summed E-state index contributed by atoms with van der Waals surface area (Å²) in [5, 5.41) is 2.91. The number of carbonyl (C=O) groups is 1. The number of carbonyl (C=O) groups excluding carboxylic acids is 1. The molecule has 0 aliphatic carbocycles. The molecule has 2 rings (SSSR count). The van der Waals surface area contributed by atoms with Crippen LogP contribution in [0.5, 0.6) is 5.75 Å². The number of nitrogens with one attached hydrogen (secondary N) is 1. The Bertz CT molecular complexity index is 654. The predicted octanol–water partition coefficient (Wildman–Crippen LogP) is 3.36. The van der Waals surface area contributed by atoms with Gasteiger partial charge in [0.1, 0.15) is 11.3 Å². The molecule has 0 heterocycles. The lowest BCUT2D eigenvalue weighted by Crippen LogP contribution is -2.48. The Kier molecular flexibility index (Phi) is 6.38. The van der Waals surface area contributed by atoms with E-state index in [-0.39, 0.29) is 5.91 Å². The first-order chi connectivity index (χ1) is 11.5. The van der Waals surface area contributed by atoms with Gasteiger partial charge in [-0.1, -0.05) is 55.8 Å². The Hall–Kier alpha value is -2.33. The Morgan fingerprint density at radius 3 is 2.62 bits per heavy atom. The molecule has 0 aliphatic rings. The van der Waals surface area contributed by atoms with Crippen molar-refractivity contribution in [3.05, 3.63) is 65.7 Å². The van der Waals surface area contributed by atoms with Gasteiger partial charge in [-0.2, -0.15) is 0 Å². The summed E-state index contributed by atoms with van der Waals surface area (Å²) in [5.74, 6) is 0.625. The summed E-state index contributed by atoms with van der Waals surface area (Å²) in [6, 6.07) is 17.2. The number of hydrogen-bond acceptors (Lipinski definition) is 3. The maximum Gasteiger partial charge on any atom is 0.244 e. The molecule has 1 amide bonds. The summed E-state index contributed by atoms with van der Waals surface area (Å²) < 4.78 is 5.69. The van der Waals surface area contributed by atoms with Gasteiger partial charge in [-0.3, -0.25) is 4.79 Å². The minimum absolute atomic E-state index is 0.203. The molecule has 0 fully saturated rings. The first-order valence-electron chi connectivity index (χ1n) is 8.38. The molecule has 0 bridgehead atoms. The topological polar surface area (TPSA) is 64.3 Å². The standard InChI is InChI=1S/C20H26N2O2/c1-3-4-13-24-18-12-8-9-16(14-18)15-22-19(23)20(2,21)17-10-6-5-7-11-17/h5-12,14H,3-4,13,15,21H2,1-2H3,(H,22,23). The van der Waals surface area contributed by atoms with Crippen LogP contribution in [0.3, 0.4) is 0 Å². The maximum atomic E-state index is 12.5. The van der Waals surface area contributed by atoms with Crippen LogP contribution in [0.2, 0.25) is 0 Å². The minimum atomic E-state index is -1.06. The van der Waals surface area contributed by atoms with Gasteiger partial charge in [-0.15, -0.1) is 0 Å². The molecule has 3 N–H and O–H groups in total. The monoisotopic (exact) mass is 326 g/mol. The fourth-order valence-corrected chi connectivity index (χ4v) is 2.36. The number of nitrogens with two attached hydrogens (primary N) is 1. The summed E-state index contributed by atoms with van der Waals surface area (Å²) in [4.78, 5) is 12.5. The summed E-state index contributed by atoms with van der Waals surface area (Å²) in [6.07, 6.45) is 2.13. The summed E-state index contributed by atoms with van der Waals surface area (Å²) in [6.45, 7) is 4.98. The molecule has 4 heteroatoms. The lowest BCUT2D eigenvalue weighted by molar-refractivity contribution is -0.126. The van der Waals surface area contributed by atoms with Crippen molar-refractivity contribution in [2.75, 3.05) is 6.61 Å². The largest absolute Gasteiger partial charge is 0.494 e. The number of hydrogen-bond donors (Lipinski definition) is 2. The van der Waals surface area contributed by atoms with Crippen LogP contribution in [0.1, 0.15) is 37.8 Å². The van der Waals surface area contributed by atoms with E-state index in [0.717, 1.165) is 29.7 Å². The maximum absolute atomic E-state index is 12.5. The fraction of sp³-hybridized carbons (Fsp3) is 0.350. The number of rotatable bonds is 8. The average Bonchev–Trinajstić information content (AvgIpc) is 2.61. The van der Waals surface area contributed by atoms with Crippen LogP contribution in [0.4, 0.5) is 0 Å². The van der Waals surface area contributed by atoms with Crippen LogP contribution in [0, 0.1) is 0 Å². The first kappa shape index (κ1) is 18.0. The van der Waals surface area contributed by atoms with E-state index in [4.69, 9.17) is 10.5 Å². The van der Waals surface area contributed by atoms with Crippen molar-refractivity contribution >= 4 is 5.91 Å². The molecule has 0 aromatic heterocycles. The number of amides is 1. The normalized spacial score (nSPS) is 13.1. The smallest absolute Gasteiger partial charge is 0.244 e. The molecule has 0 saturated carbocycles. The van der Waals surface area contributed by atoms with Gasteiger partial charge >= 0.3 is 0 Å². The summed E-state index contributed by atoms with van der Waals surface area (Å²) >= 11 is 0. The third-order valence-corrected chi connectivity index (χ3v) is 3.96. The lowest BCUT2D eigenvalue weighted by Gasteiger charge is -2.24. The van der Waals surface area contributed by atoms with Gasteiger partial charge in [-0.25, -0.2) is 0 Å². The highest BCUT2D eigenvalue weighted by molar-refractivity contribution is 5.86. The van der Waals surface area contributed by atoms with E-state index in [0.29, 0.717) is 13.2 Å². The van der Waals surface area contributed by atoms with E-state index in [9.17, 15) is 4.79 Å². The third-order valence-electron chi connectivity index (χ3n) is 3.96. The first-order valence-corrected chi connectivity index (χ1v) is 8.38. The van der Waals surface area contributed by atoms with E-state index in [1.54, 1.807) is 6.92 Å². The number of ether oxygens (including phenoxy) is 1. The van der Waals surface area contributed by atoms with Gasteiger partial charge in [0, 0.05) is 6.54 Å². The zero-order chi connectivity index (χ0) is 17.4. The van der Waals surface area contributed by atoms with Crippen LogP contribution in [0.15, 0.2) is 54.6 Å². The van der Waals surface area contributed by atoms with Crippen molar-refractivity contribution in [3.63, 3.8) is 0 Å². The van der Waals surface area contributed by atoms with Crippen LogP contribution in [-0.4, -0.2) is 12.5 Å². The molecule has 2 aromatic carbocycles. The quantitative estimate of drug-likeness (QED) is 0.731. The lowest BCUT2D eigenvalue weighted by atomic mass is 9.92. The predicted molar refractivity (Wildman–Crippen MR) is 96.7 cm³/mol. The molecule has 0 aliphatic heterocycles. The zero-order valence-corrected chi connectivity index (χ0v) is 14.4. The van der Waals surface area contributed by atoms with Crippen LogP contribution in [0.25, 0.3) is 0 Å². The van der Waals surface area contributed by atoms with Crippen LogP contribution >= 0.6 is 0 Å². The Morgan fingerprint density at radius 1 is 1.17 bits per heavy atom. The molecule has 24 heavy (non-hydrogen) atoms. The SMILES string of the molecule is CCCCOc1cccc(CNC(=O)C(C)(N)c2ccccc2)c1. The van der Waals surface area contributed by atoms with Crippen molar-refractivity contribution in [2.45, 2.75) is 38.8 Å². The minimum Gasteiger partial charge on any atom is -0.494 e. The van der Waals surface area contributed by atoms with E-state index in [2.05, 4.69) is 12.2 Å². The Labute approximate surface area is 144 Å². The summed E-state index contributed by atoms with van der Waals surface area (Å²) in [7, 11) is 0. The fourth-order valence-electron chi connectivity index (χ4n) is 2.36. The highest BCUT2D eigenvalue weighted by Crippen LogP contribution is 2.18.